The van der Waals surface area contributed by atoms with Gasteiger partial charge in [-0.05, 0) is 54.8 Å². The molecule has 5 nitrogen and oxygen atoms in total. The van der Waals surface area contributed by atoms with Gasteiger partial charge in [0.15, 0.2) is 0 Å². The molecule has 1 aliphatic rings. The first-order chi connectivity index (χ1) is 14.1. The maximum atomic E-state index is 12.7. The van der Waals surface area contributed by atoms with E-state index in [2.05, 4.69) is 17.2 Å². The van der Waals surface area contributed by atoms with Crippen LogP contribution in [0.5, 0.6) is 0 Å². The van der Waals surface area contributed by atoms with E-state index in [1.807, 2.05) is 41.8 Å². The molecule has 0 saturated carbocycles. The van der Waals surface area contributed by atoms with Gasteiger partial charge < -0.3 is 5.32 Å². The molecular weight excluding hydrogens is 402 g/mol. The molecular formula is C22H23N3O2S2. The van der Waals surface area contributed by atoms with E-state index < -0.39 is 0 Å². The second-order valence-electron chi connectivity index (χ2n) is 7.03. The predicted molar refractivity (Wildman–Crippen MR) is 119 cm³/mol. The minimum absolute atomic E-state index is 0.0874. The summed E-state index contributed by atoms with van der Waals surface area (Å²) in [6.45, 7) is 2.68. The summed E-state index contributed by atoms with van der Waals surface area (Å²) in [5, 5.41) is 5.65. The van der Waals surface area contributed by atoms with E-state index in [1.165, 1.54) is 17.3 Å². The minimum Gasteiger partial charge on any atom is -0.325 e. The smallest absolute Gasteiger partial charge is 0.325 e. The van der Waals surface area contributed by atoms with Crippen molar-refractivity contribution in [3.8, 4) is 0 Å². The second kappa shape index (κ2) is 8.97. The molecule has 0 atom stereocenters. The lowest BCUT2D eigenvalue weighted by Gasteiger charge is -2.13. The first kappa shape index (κ1) is 19.9. The number of anilines is 1. The monoisotopic (exact) mass is 425 g/mol. The predicted octanol–water partition coefficient (Wildman–Crippen LogP) is 4.14. The number of aromatic nitrogens is 2. The van der Waals surface area contributed by atoms with Crippen molar-refractivity contribution in [2.24, 2.45) is 0 Å². The highest BCUT2D eigenvalue weighted by Crippen LogP contribution is 2.29. The third kappa shape index (κ3) is 4.62. The van der Waals surface area contributed by atoms with Crippen molar-refractivity contribution in [1.82, 2.24) is 9.55 Å². The van der Waals surface area contributed by atoms with Crippen LogP contribution in [0.2, 0.25) is 0 Å². The van der Waals surface area contributed by atoms with Crippen molar-refractivity contribution in [2.75, 3.05) is 11.1 Å². The number of carbonyl (C=O) groups excluding carboxylic acids is 1. The van der Waals surface area contributed by atoms with Gasteiger partial charge in [0, 0.05) is 21.8 Å². The summed E-state index contributed by atoms with van der Waals surface area (Å²) in [6, 6.07) is 11.9. The Hall–Kier alpha value is -2.38. The van der Waals surface area contributed by atoms with Crippen LogP contribution in [0.3, 0.4) is 0 Å². The van der Waals surface area contributed by atoms with E-state index in [-0.39, 0.29) is 17.3 Å². The van der Waals surface area contributed by atoms with Crippen LogP contribution in [-0.4, -0.2) is 21.2 Å². The van der Waals surface area contributed by atoms with E-state index >= 15 is 0 Å². The van der Waals surface area contributed by atoms with Crippen molar-refractivity contribution in [2.45, 2.75) is 44.2 Å². The quantitative estimate of drug-likeness (QED) is 0.457. The highest BCUT2D eigenvalue weighted by Gasteiger charge is 2.22. The zero-order chi connectivity index (χ0) is 20.2. The fourth-order valence-corrected chi connectivity index (χ4v) is 5.15. The summed E-state index contributed by atoms with van der Waals surface area (Å²) in [5.74, 6) is 0.152. The largest absolute Gasteiger partial charge is 0.349 e. The number of amides is 1. The van der Waals surface area contributed by atoms with Crippen molar-refractivity contribution in [3.63, 3.8) is 0 Å². The summed E-state index contributed by atoms with van der Waals surface area (Å²) in [4.78, 5) is 30.5. The zero-order valence-electron chi connectivity index (χ0n) is 16.3. The van der Waals surface area contributed by atoms with Crippen molar-refractivity contribution in [1.29, 1.82) is 0 Å². The number of thiophene rings is 1. The van der Waals surface area contributed by atoms with E-state index in [4.69, 9.17) is 0 Å². The molecule has 2 aromatic heterocycles. The molecule has 4 rings (SSSR count). The summed E-state index contributed by atoms with van der Waals surface area (Å²) >= 11 is 3.01. The van der Waals surface area contributed by atoms with Crippen LogP contribution in [0.4, 0.5) is 5.69 Å². The van der Waals surface area contributed by atoms with Crippen LogP contribution in [0.25, 0.3) is 0 Å². The molecule has 0 aliphatic heterocycles. The molecule has 1 aromatic carbocycles. The molecule has 0 saturated heterocycles. The van der Waals surface area contributed by atoms with Gasteiger partial charge in [0.1, 0.15) is 5.03 Å². The van der Waals surface area contributed by atoms with Gasteiger partial charge in [-0.1, -0.05) is 36.9 Å². The number of nitrogens with one attached hydrogen (secondary N) is 1. The Morgan fingerprint density at radius 2 is 2.07 bits per heavy atom. The average molecular weight is 426 g/mol. The summed E-state index contributed by atoms with van der Waals surface area (Å²) < 4.78 is 1.80. The van der Waals surface area contributed by atoms with Crippen LogP contribution < -0.4 is 11.0 Å². The van der Waals surface area contributed by atoms with Gasteiger partial charge in [-0.15, -0.1) is 11.3 Å². The van der Waals surface area contributed by atoms with Gasteiger partial charge in [-0.3, -0.25) is 9.36 Å². The number of aryl methyl sites for hydroxylation is 1. The number of hydrogen-bond donors (Lipinski definition) is 1. The third-order valence-corrected chi connectivity index (χ3v) is 6.96. The third-order valence-electron chi connectivity index (χ3n) is 5.08. The van der Waals surface area contributed by atoms with Crippen molar-refractivity contribution >= 4 is 34.7 Å². The Kier molecular flexibility index (Phi) is 6.16. The SMILES string of the molecule is CCc1ccc(NC(=O)CSc2nc(=O)n(Cc3cccs3)c3c2CCC3)cc1. The lowest BCUT2D eigenvalue weighted by molar-refractivity contribution is -0.113. The summed E-state index contributed by atoms with van der Waals surface area (Å²) in [6.07, 6.45) is 3.80. The van der Waals surface area contributed by atoms with Crippen molar-refractivity contribution in [3.05, 3.63) is 74.0 Å². The van der Waals surface area contributed by atoms with Crippen LogP contribution in [0, 0.1) is 0 Å². The number of rotatable bonds is 7. The standard InChI is InChI=1S/C22H23N3O2S2/c1-2-15-8-10-16(11-9-15)23-20(26)14-29-21-18-6-3-7-19(18)25(22(27)24-21)13-17-5-4-12-28-17/h4-5,8-12H,2-3,6-7,13-14H2,1H3,(H,23,26). The number of fused-ring (bicyclic) bond motifs is 1. The molecule has 1 N–H and O–H groups in total. The van der Waals surface area contributed by atoms with Crippen molar-refractivity contribution < 1.29 is 4.79 Å². The maximum Gasteiger partial charge on any atom is 0.349 e. The molecule has 0 spiro atoms. The lowest BCUT2D eigenvalue weighted by atomic mass is 10.1. The average Bonchev–Trinajstić information content (AvgIpc) is 3.41. The van der Waals surface area contributed by atoms with Gasteiger partial charge in [0.2, 0.25) is 5.91 Å². The number of thioether (sulfide) groups is 1. The molecule has 7 heteroatoms. The minimum atomic E-state index is -0.225. The number of hydrogen-bond acceptors (Lipinski definition) is 5. The molecule has 0 fully saturated rings. The van der Waals surface area contributed by atoms with E-state index in [9.17, 15) is 9.59 Å². The Morgan fingerprint density at radius 1 is 1.24 bits per heavy atom. The summed E-state index contributed by atoms with van der Waals surface area (Å²) in [5.41, 5.74) is 4.01. The maximum absolute atomic E-state index is 12.7. The van der Waals surface area contributed by atoms with E-state index in [0.29, 0.717) is 11.6 Å². The van der Waals surface area contributed by atoms with Crippen LogP contribution in [0.1, 0.15) is 35.0 Å². The molecule has 2 heterocycles. The molecule has 150 valence electrons. The topological polar surface area (TPSA) is 64.0 Å². The molecule has 29 heavy (non-hydrogen) atoms. The van der Waals surface area contributed by atoms with Crippen LogP contribution in [-0.2, 0) is 30.6 Å². The lowest BCUT2D eigenvalue weighted by Crippen LogP contribution is -2.27. The Bertz CT molecular complexity index is 1060. The highest BCUT2D eigenvalue weighted by molar-refractivity contribution is 8.00. The van der Waals surface area contributed by atoms with Gasteiger partial charge >= 0.3 is 5.69 Å². The molecule has 1 aliphatic carbocycles. The Balaban J connectivity index is 1.46. The van der Waals surface area contributed by atoms with Gasteiger partial charge in [-0.2, -0.15) is 4.98 Å². The first-order valence-corrected chi connectivity index (χ1v) is 11.7. The second-order valence-corrected chi connectivity index (χ2v) is 9.03. The Labute approximate surface area is 178 Å². The van der Waals surface area contributed by atoms with Crippen LogP contribution >= 0.6 is 23.1 Å². The van der Waals surface area contributed by atoms with Gasteiger partial charge in [-0.25, -0.2) is 4.79 Å². The zero-order valence-corrected chi connectivity index (χ0v) is 17.9. The van der Waals surface area contributed by atoms with E-state index in [1.54, 1.807) is 15.9 Å². The molecule has 0 radical (unpaired) electrons. The number of benzene rings is 1. The van der Waals surface area contributed by atoms with Crippen LogP contribution in [0.15, 0.2) is 51.6 Å². The molecule has 0 unspecified atom stereocenters. The van der Waals surface area contributed by atoms with E-state index in [0.717, 1.165) is 47.5 Å². The molecule has 1 amide bonds. The highest BCUT2D eigenvalue weighted by atomic mass is 32.2. The number of carbonyl (C=O) groups is 1. The summed E-state index contributed by atoms with van der Waals surface area (Å²) in [7, 11) is 0. The molecule has 0 bridgehead atoms. The first-order valence-electron chi connectivity index (χ1n) is 9.80. The fraction of sp³-hybridized carbons (Fsp3) is 0.318. The van der Waals surface area contributed by atoms with Gasteiger partial charge in [0.25, 0.3) is 0 Å². The number of nitrogens with zero attached hydrogens (tertiary/aromatic N) is 2. The Morgan fingerprint density at radius 3 is 2.79 bits per heavy atom. The van der Waals surface area contributed by atoms with Gasteiger partial charge in [0.05, 0.1) is 12.3 Å². The molecule has 3 aromatic rings. The normalized spacial score (nSPS) is 12.7. The fourth-order valence-electron chi connectivity index (χ4n) is 3.58.